The van der Waals surface area contributed by atoms with Gasteiger partial charge >= 0.3 is 6.18 Å². The molecule has 0 aromatic carbocycles. The fraction of sp³-hybridized carbons (Fsp3) is 0.333. The number of aryl methyl sites for hydroxylation is 1. The van der Waals surface area contributed by atoms with Crippen molar-refractivity contribution in [3.05, 3.63) is 34.6 Å². The number of nitrogens with two attached hydrogens (primary N) is 1. The SMILES string of the molecule is CN(CCCc1[nH]nc(N)c1C#N)c1nc(C(F)(F)F)ccc1C#N. The standard InChI is InChI=1S/C15H14F3N7/c1-25(6-2-3-11-10(8-20)13(21)24-23-11)14-9(7-19)4-5-12(22-14)15(16,17)18/h4-5H,2-3,6H2,1H3,(H3,21,23,24). The molecule has 0 aliphatic carbocycles. The minimum Gasteiger partial charge on any atom is -0.381 e. The monoisotopic (exact) mass is 349 g/mol. The Balaban J connectivity index is 2.11. The summed E-state index contributed by atoms with van der Waals surface area (Å²) >= 11 is 0. The Hall–Kier alpha value is -3.27. The third-order valence-electron chi connectivity index (χ3n) is 3.55. The predicted octanol–water partition coefficient (Wildman–Crippen LogP) is 2.22. The van der Waals surface area contributed by atoms with Gasteiger partial charge in [0.2, 0.25) is 0 Å². The van der Waals surface area contributed by atoms with Crippen molar-refractivity contribution < 1.29 is 13.2 Å². The van der Waals surface area contributed by atoms with Gasteiger partial charge in [0, 0.05) is 13.6 Å². The maximum Gasteiger partial charge on any atom is 0.433 e. The first kappa shape index (κ1) is 18.1. The van der Waals surface area contributed by atoms with Gasteiger partial charge in [-0.05, 0) is 25.0 Å². The summed E-state index contributed by atoms with van der Waals surface area (Å²) < 4.78 is 38.4. The van der Waals surface area contributed by atoms with E-state index in [2.05, 4.69) is 15.2 Å². The summed E-state index contributed by atoms with van der Waals surface area (Å²) in [5.41, 5.74) is 5.36. The van der Waals surface area contributed by atoms with Gasteiger partial charge in [-0.3, -0.25) is 5.10 Å². The van der Waals surface area contributed by atoms with E-state index in [0.29, 0.717) is 25.1 Å². The zero-order valence-corrected chi connectivity index (χ0v) is 13.2. The lowest BCUT2D eigenvalue weighted by molar-refractivity contribution is -0.141. The molecule has 0 bridgehead atoms. The molecule has 10 heteroatoms. The van der Waals surface area contributed by atoms with E-state index in [1.54, 1.807) is 7.05 Å². The minimum absolute atomic E-state index is 0.0399. The Kier molecular flexibility index (Phi) is 5.13. The van der Waals surface area contributed by atoms with Crippen molar-refractivity contribution in [2.24, 2.45) is 0 Å². The third kappa shape index (κ3) is 3.98. The van der Waals surface area contributed by atoms with E-state index in [-0.39, 0.29) is 22.8 Å². The fourth-order valence-corrected chi connectivity index (χ4v) is 2.28. The van der Waals surface area contributed by atoms with Crippen LogP contribution in [0.25, 0.3) is 0 Å². The Labute approximate surface area is 141 Å². The van der Waals surface area contributed by atoms with Crippen LogP contribution in [-0.4, -0.2) is 28.8 Å². The maximum absolute atomic E-state index is 12.8. The van der Waals surface area contributed by atoms with Crippen LogP contribution < -0.4 is 10.6 Å². The van der Waals surface area contributed by atoms with E-state index in [1.807, 2.05) is 12.1 Å². The molecule has 0 spiro atoms. The van der Waals surface area contributed by atoms with Crippen molar-refractivity contribution in [2.45, 2.75) is 19.0 Å². The molecule has 0 saturated heterocycles. The number of H-pyrrole nitrogens is 1. The Morgan fingerprint density at radius 2 is 2.00 bits per heavy atom. The molecule has 0 saturated carbocycles. The minimum atomic E-state index is -4.58. The number of rotatable bonds is 5. The third-order valence-corrected chi connectivity index (χ3v) is 3.55. The molecule has 0 aliphatic heterocycles. The van der Waals surface area contributed by atoms with E-state index in [4.69, 9.17) is 16.3 Å². The van der Waals surface area contributed by atoms with Crippen molar-refractivity contribution in [3.63, 3.8) is 0 Å². The van der Waals surface area contributed by atoms with Crippen molar-refractivity contribution >= 4 is 11.6 Å². The molecule has 2 heterocycles. The van der Waals surface area contributed by atoms with Crippen LogP contribution in [0.3, 0.4) is 0 Å². The van der Waals surface area contributed by atoms with Crippen molar-refractivity contribution in [1.29, 1.82) is 10.5 Å². The summed E-state index contributed by atoms with van der Waals surface area (Å²) in [4.78, 5) is 5.04. The molecule has 2 aromatic heterocycles. The van der Waals surface area contributed by atoms with Crippen molar-refractivity contribution in [2.75, 3.05) is 24.2 Å². The van der Waals surface area contributed by atoms with Crippen LogP contribution in [0.4, 0.5) is 24.8 Å². The first-order valence-electron chi connectivity index (χ1n) is 7.20. The van der Waals surface area contributed by atoms with Crippen molar-refractivity contribution in [3.8, 4) is 12.1 Å². The molecule has 0 fully saturated rings. The number of nitrogen functional groups attached to an aromatic ring is 1. The number of hydrogen-bond acceptors (Lipinski definition) is 6. The van der Waals surface area contributed by atoms with Crippen LogP contribution in [0.2, 0.25) is 0 Å². The molecule has 130 valence electrons. The zero-order chi connectivity index (χ0) is 18.6. The molecule has 25 heavy (non-hydrogen) atoms. The molecule has 0 radical (unpaired) electrons. The van der Waals surface area contributed by atoms with Crippen LogP contribution in [0.15, 0.2) is 12.1 Å². The largest absolute Gasteiger partial charge is 0.433 e. The van der Waals surface area contributed by atoms with Crippen LogP contribution in [0.5, 0.6) is 0 Å². The van der Waals surface area contributed by atoms with Gasteiger partial charge in [-0.15, -0.1) is 0 Å². The molecular formula is C15H14F3N7. The average molecular weight is 349 g/mol. The predicted molar refractivity (Wildman–Crippen MR) is 83.3 cm³/mol. The molecule has 0 aliphatic rings. The van der Waals surface area contributed by atoms with Crippen LogP contribution in [0.1, 0.15) is 28.9 Å². The highest BCUT2D eigenvalue weighted by atomic mass is 19.4. The lowest BCUT2D eigenvalue weighted by atomic mass is 10.1. The number of aromatic amines is 1. The molecule has 0 unspecified atom stereocenters. The van der Waals surface area contributed by atoms with E-state index >= 15 is 0 Å². The number of nitrogens with zero attached hydrogens (tertiary/aromatic N) is 5. The van der Waals surface area contributed by atoms with Crippen molar-refractivity contribution in [1.82, 2.24) is 15.2 Å². The molecule has 0 amide bonds. The Morgan fingerprint density at radius 1 is 1.28 bits per heavy atom. The van der Waals surface area contributed by atoms with Gasteiger partial charge in [0.15, 0.2) is 5.82 Å². The number of alkyl halides is 3. The molecule has 0 atom stereocenters. The Bertz CT molecular complexity index is 842. The highest BCUT2D eigenvalue weighted by Crippen LogP contribution is 2.30. The summed E-state index contributed by atoms with van der Waals surface area (Å²) in [6, 6.07) is 5.66. The molecule has 3 N–H and O–H groups in total. The molecule has 2 rings (SSSR count). The second-order valence-electron chi connectivity index (χ2n) is 5.28. The van der Waals surface area contributed by atoms with Crippen LogP contribution in [0, 0.1) is 22.7 Å². The first-order valence-corrected chi connectivity index (χ1v) is 7.20. The highest BCUT2D eigenvalue weighted by Gasteiger charge is 2.33. The normalized spacial score (nSPS) is 11.0. The fourth-order valence-electron chi connectivity index (χ4n) is 2.28. The van der Waals surface area contributed by atoms with Gasteiger partial charge in [0.1, 0.15) is 29.2 Å². The lowest BCUT2D eigenvalue weighted by Gasteiger charge is -2.20. The van der Waals surface area contributed by atoms with Crippen LogP contribution >= 0.6 is 0 Å². The average Bonchev–Trinajstić information content (AvgIpc) is 2.93. The van der Waals surface area contributed by atoms with E-state index in [9.17, 15) is 13.2 Å². The smallest absolute Gasteiger partial charge is 0.381 e. The summed E-state index contributed by atoms with van der Waals surface area (Å²) in [7, 11) is 1.55. The summed E-state index contributed by atoms with van der Waals surface area (Å²) in [5.74, 6) is 0.0686. The summed E-state index contributed by atoms with van der Waals surface area (Å²) in [5, 5.41) is 24.5. The van der Waals surface area contributed by atoms with Gasteiger partial charge in [0.25, 0.3) is 0 Å². The summed E-state index contributed by atoms with van der Waals surface area (Å²) in [6.45, 7) is 0.326. The van der Waals surface area contributed by atoms with E-state index in [1.165, 1.54) is 4.90 Å². The lowest BCUT2D eigenvalue weighted by Crippen LogP contribution is -2.23. The first-order chi connectivity index (χ1) is 11.8. The number of nitrogens with one attached hydrogen (secondary N) is 1. The molecular weight excluding hydrogens is 335 g/mol. The maximum atomic E-state index is 12.8. The van der Waals surface area contributed by atoms with Crippen LogP contribution in [-0.2, 0) is 12.6 Å². The topological polar surface area (TPSA) is 118 Å². The zero-order valence-electron chi connectivity index (χ0n) is 13.2. The highest BCUT2D eigenvalue weighted by molar-refractivity contribution is 5.54. The second-order valence-corrected chi connectivity index (χ2v) is 5.28. The number of hydrogen-bond donors (Lipinski definition) is 2. The quantitative estimate of drug-likeness (QED) is 0.854. The second kappa shape index (κ2) is 7.09. The molecule has 7 nitrogen and oxygen atoms in total. The van der Waals surface area contributed by atoms with E-state index < -0.39 is 11.9 Å². The molecule has 2 aromatic rings. The van der Waals surface area contributed by atoms with Gasteiger partial charge in [-0.1, -0.05) is 0 Å². The van der Waals surface area contributed by atoms with Gasteiger partial charge in [-0.25, -0.2) is 4.98 Å². The van der Waals surface area contributed by atoms with Gasteiger partial charge in [0.05, 0.1) is 11.3 Å². The number of halogens is 3. The van der Waals surface area contributed by atoms with Gasteiger partial charge in [-0.2, -0.15) is 28.8 Å². The van der Waals surface area contributed by atoms with E-state index in [0.717, 1.165) is 12.1 Å². The van der Waals surface area contributed by atoms with Gasteiger partial charge < -0.3 is 10.6 Å². The number of pyridine rings is 1. The number of nitriles is 2. The summed E-state index contributed by atoms with van der Waals surface area (Å²) in [6.07, 6.45) is -3.66. The number of anilines is 2. The Morgan fingerprint density at radius 3 is 2.60 bits per heavy atom. The number of aromatic nitrogens is 3.